The van der Waals surface area contributed by atoms with Gasteiger partial charge in [0.1, 0.15) is 5.69 Å². The standard InChI is InChI=1S/C14H22N2O4/c1-4-19-10-6-9-15-12-7-5-8-13(20-11(2)3)14(12)16(17)18/h5,7-8,11,15H,4,6,9-10H2,1-3H3. The Labute approximate surface area is 119 Å². The molecule has 112 valence electrons. The molecule has 0 aromatic heterocycles. The molecule has 0 radical (unpaired) electrons. The molecule has 0 atom stereocenters. The maximum Gasteiger partial charge on any atom is 0.333 e. The number of anilines is 1. The third-order valence-corrected chi connectivity index (χ3v) is 2.53. The van der Waals surface area contributed by atoms with Gasteiger partial charge in [-0.05, 0) is 39.3 Å². The first-order valence-corrected chi connectivity index (χ1v) is 6.82. The minimum atomic E-state index is -0.414. The molecule has 0 aliphatic heterocycles. The van der Waals surface area contributed by atoms with Crippen LogP contribution in [-0.2, 0) is 4.74 Å². The van der Waals surface area contributed by atoms with E-state index in [4.69, 9.17) is 9.47 Å². The molecule has 20 heavy (non-hydrogen) atoms. The maximum absolute atomic E-state index is 11.2. The van der Waals surface area contributed by atoms with Gasteiger partial charge in [-0.1, -0.05) is 6.07 Å². The zero-order chi connectivity index (χ0) is 15.0. The molecule has 0 amide bonds. The van der Waals surface area contributed by atoms with Gasteiger partial charge in [-0.25, -0.2) is 0 Å². The summed E-state index contributed by atoms with van der Waals surface area (Å²) >= 11 is 0. The van der Waals surface area contributed by atoms with Crippen LogP contribution >= 0.6 is 0 Å². The van der Waals surface area contributed by atoms with Crippen LogP contribution in [-0.4, -0.2) is 30.8 Å². The third-order valence-electron chi connectivity index (χ3n) is 2.53. The number of hydrogen-bond acceptors (Lipinski definition) is 5. The highest BCUT2D eigenvalue weighted by atomic mass is 16.6. The SMILES string of the molecule is CCOCCCNc1cccc(OC(C)C)c1[N+](=O)[O-]. The Morgan fingerprint density at radius 3 is 2.75 bits per heavy atom. The highest BCUT2D eigenvalue weighted by molar-refractivity contribution is 5.68. The fraction of sp³-hybridized carbons (Fsp3) is 0.571. The lowest BCUT2D eigenvalue weighted by atomic mass is 10.2. The molecule has 1 rings (SSSR count). The molecule has 0 unspecified atom stereocenters. The van der Waals surface area contributed by atoms with Crippen molar-refractivity contribution in [1.29, 1.82) is 0 Å². The molecule has 6 nitrogen and oxygen atoms in total. The first-order valence-electron chi connectivity index (χ1n) is 6.82. The van der Waals surface area contributed by atoms with Crippen molar-refractivity contribution in [3.63, 3.8) is 0 Å². The summed E-state index contributed by atoms with van der Waals surface area (Å²) < 4.78 is 10.7. The number of nitro groups is 1. The molecule has 0 fully saturated rings. The topological polar surface area (TPSA) is 73.6 Å². The number of ether oxygens (including phenoxy) is 2. The summed E-state index contributed by atoms with van der Waals surface area (Å²) in [5, 5.41) is 14.3. The lowest BCUT2D eigenvalue weighted by Gasteiger charge is -2.13. The van der Waals surface area contributed by atoms with Crippen molar-refractivity contribution in [3.05, 3.63) is 28.3 Å². The lowest BCUT2D eigenvalue weighted by Crippen LogP contribution is -2.10. The van der Waals surface area contributed by atoms with Crippen LogP contribution in [0.15, 0.2) is 18.2 Å². The smallest absolute Gasteiger partial charge is 0.333 e. The van der Waals surface area contributed by atoms with Gasteiger partial charge in [0, 0.05) is 19.8 Å². The van der Waals surface area contributed by atoms with E-state index in [-0.39, 0.29) is 11.8 Å². The Balaban J connectivity index is 2.76. The van der Waals surface area contributed by atoms with Gasteiger partial charge in [0.2, 0.25) is 0 Å². The van der Waals surface area contributed by atoms with Crippen LogP contribution < -0.4 is 10.1 Å². The summed E-state index contributed by atoms with van der Waals surface area (Å²) in [5.74, 6) is 0.291. The van der Waals surface area contributed by atoms with Gasteiger partial charge in [-0.15, -0.1) is 0 Å². The summed E-state index contributed by atoms with van der Waals surface area (Å²) in [5.41, 5.74) is 0.460. The predicted octanol–water partition coefficient (Wildman–Crippen LogP) is 3.22. The van der Waals surface area contributed by atoms with Gasteiger partial charge in [-0.3, -0.25) is 10.1 Å². The number of para-hydroxylation sites is 1. The van der Waals surface area contributed by atoms with Crippen molar-refractivity contribution in [2.45, 2.75) is 33.3 Å². The second kappa shape index (κ2) is 8.37. The van der Waals surface area contributed by atoms with Crippen molar-refractivity contribution in [1.82, 2.24) is 0 Å². The molecule has 0 heterocycles. The van der Waals surface area contributed by atoms with Gasteiger partial charge in [-0.2, -0.15) is 0 Å². The fourth-order valence-corrected chi connectivity index (χ4v) is 1.74. The number of nitrogens with one attached hydrogen (secondary N) is 1. The van der Waals surface area contributed by atoms with Gasteiger partial charge >= 0.3 is 5.69 Å². The van der Waals surface area contributed by atoms with E-state index in [0.29, 0.717) is 31.2 Å². The summed E-state index contributed by atoms with van der Waals surface area (Å²) in [7, 11) is 0. The summed E-state index contributed by atoms with van der Waals surface area (Å²) in [4.78, 5) is 10.8. The molecule has 0 aliphatic carbocycles. The zero-order valence-electron chi connectivity index (χ0n) is 12.2. The van der Waals surface area contributed by atoms with Gasteiger partial charge in [0.05, 0.1) is 11.0 Å². The average molecular weight is 282 g/mol. The third kappa shape index (κ3) is 5.05. The summed E-state index contributed by atoms with van der Waals surface area (Å²) in [6, 6.07) is 5.05. The van der Waals surface area contributed by atoms with E-state index in [9.17, 15) is 10.1 Å². The number of benzene rings is 1. The molecule has 1 aromatic rings. The Kier molecular flexibility index (Phi) is 6.79. The Morgan fingerprint density at radius 2 is 2.15 bits per heavy atom. The second-order valence-corrected chi connectivity index (χ2v) is 4.55. The fourth-order valence-electron chi connectivity index (χ4n) is 1.74. The number of nitro benzene ring substituents is 1. The van der Waals surface area contributed by atoms with E-state index < -0.39 is 4.92 Å². The van der Waals surface area contributed by atoms with Crippen LogP contribution in [0.1, 0.15) is 27.2 Å². The van der Waals surface area contributed by atoms with Gasteiger partial charge < -0.3 is 14.8 Å². The first kappa shape index (κ1) is 16.2. The van der Waals surface area contributed by atoms with E-state index in [1.165, 1.54) is 0 Å². The van der Waals surface area contributed by atoms with Gasteiger partial charge in [0.25, 0.3) is 0 Å². The molecule has 0 saturated carbocycles. The highest BCUT2D eigenvalue weighted by Crippen LogP contribution is 2.35. The highest BCUT2D eigenvalue weighted by Gasteiger charge is 2.21. The molecule has 0 saturated heterocycles. The lowest BCUT2D eigenvalue weighted by molar-refractivity contribution is -0.385. The molecule has 1 aromatic carbocycles. The molecule has 1 N–H and O–H groups in total. The second-order valence-electron chi connectivity index (χ2n) is 4.55. The van der Waals surface area contributed by atoms with Crippen LogP contribution in [0.25, 0.3) is 0 Å². The normalized spacial score (nSPS) is 10.6. The first-order chi connectivity index (χ1) is 9.56. The van der Waals surface area contributed by atoms with E-state index in [1.807, 2.05) is 20.8 Å². The minimum Gasteiger partial charge on any atom is -0.484 e. The van der Waals surface area contributed by atoms with Crippen molar-refractivity contribution in [2.24, 2.45) is 0 Å². The van der Waals surface area contributed by atoms with Crippen LogP contribution in [0.3, 0.4) is 0 Å². The van der Waals surface area contributed by atoms with Crippen molar-refractivity contribution < 1.29 is 14.4 Å². The zero-order valence-corrected chi connectivity index (χ0v) is 12.2. The van der Waals surface area contributed by atoms with Crippen LogP contribution in [0.5, 0.6) is 5.75 Å². The number of nitrogens with zero attached hydrogens (tertiary/aromatic N) is 1. The van der Waals surface area contributed by atoms with E-state index >= 15 is 0 Å². The largest absolute Gasteiger partial charge is 0.484 e. The summed E-state index contributed by atoms with van der Waals surface area (Å²) in [6.07, 6.45) is 0.683. The Hall–Kier alpha value is -1.82. The van der Waals surface area contributed by atoms with E-state index in [0.717, 1.165) is 6.42 Å². The molecule has 6 heteroatoms. The summed E-state index contributed by atoms with van der Waals surface area (Å²) in [6.45, 7) is 7.55. The maximum atomic E-state index is 11.2. The molecular weight excluding hydrogens is 260 g/mol. The van der Waals surface area contributed by atoms with E-state index in [2.05, 4.69) is 5.32 Å². The average Bonchev–Trinajstić information content (AvgIpc) is 2.37. The molecule has 0 aliphatic rings. The molecule has 0 spiro atoms. The minimum absolute atomic E-state index is 0.0161. The number of hydrogen-bond donors (Lipinski definition) is 1. The predicted molar refractivity (Wildman–Crippen MR) is 78.5 cm³/mol. The van der Waals surface area contributed by atoms with Crippen molar-refractivity contribution >= 4 is 11.4 Å². The van der Waals surface area contributed by atoms with Crippen LogP contribution in [0, 0.1) is 10.1 Å². The molecular formula is C14H22N2O4. The van der Waals surface area contributed by atoms with E-state index in [1.54, 1.807) is 18.2 Å². The quantitative estimate of drug-likeness (QED) is 0.427. The monoisotopic (exact) mass is 282 g/mol. The number of rotatable bonds is 9. The van der Waals surface area contributed by atoms with Crippen LogP contribution in [0.4, 0.5) is 11.4 Å². The van der Waals surface area contributed by atoms with Crippen molar-refractivity contribution in [2.75, 3.05) is 25.1 Å². The van der Waals surface area contributed by atoms with Crippen LogP contribution in [0.2, 0.25) is 0 Å². The Morgan fingerprint density at radius 1 is 1.40 bits per heavy atom. The van der Waals surface area contributed by atoms with Crippen molar-refractivity contribution in [3.8, 4) is 5.75 Å². The Bertz CT molecular complexity index is 435. The van der Waals surface area contributed by atoms with Gasteiger partial charge in [0.15, 0.2) is 5.75 Å². The molecule has 0 bridgehead atoms.